The first-order valence-electron chi connectivity index (χ1n) is 11.9. The molecular formula is C33H22N2. The Labute approximate surface area is 203 Å². The number of para-hydroxylation sites is 1. The van der Waals surface area contributed by atoms with E-state index in [4.69, 9.17) is 4.98 Å². The summed E-state index contributed by atoms with van der Waals surface area (Å²) in [6.45, 7) is 0. The third-order valence-electron chi connectivity index (χ3n) is 6.77. The van der Waals surface area contributed by atoms with E-state index in [0.717, 1.165) is 39.1 Å². The minimum atomic E-state index is 0.982. The van der Waals surface area contributed by atoms with Gasteiger partial charge in [-0.25, -0.2) is 4.98 Å². The van der Waals surface area contributed by atoms with E-state index in [9.17, 15) is 0 Å². The SMILES string of the molecule is c1ccc(-c2ccc3c(c2)c2ccccc2n2c(-c4ccccc4)c(-c4ccccc4)nc32)cc1. The summed E-state index contributed by atoms with van der Waals surface area (Å²) in [5, 5.41) is 3.60. The van der Waals surface area contributed by atoms with Crippen LogP contribution in [0.15, 0.2) is 133 Å². The molecule has 0 aliphatic rings. The van der Waals surface area contributed by atoms with E-state index < -0.39 is 0 Å². The molecule has 2 heteroatoms. The molecule has 0 atom stereocenters. The maximum atomic E-state index is 5.30. The van der Waals surface area contributed by atoms with E-state index in [1.807, 2.05) is 0 Å². The van der Waals surface area contributed by atoms with Gasteiger partial charge in [0.1, 0.15) is 5.65 Å². The molecule has 7 rings (SSSR count). The van der Waals surface area contributed by atoms with Gasteiger partial charge in [0, 0.05) is 21.9 Å². The fourth-order valence-electron chi connectivity index (χ4n) is 5.16. The van der Waals surface area contributed by atoms with Gasteiger partial charge in [-0.1, -0.05) is 115 Å². The molecule has 2 aromatic heterocycles. The Morgan fingerprint density at radius 3 is 1.74 bits per heavy atom. The van der Waals surface area contributed by atoms with Crippen LogP contribution in [-0.2, 0) is 0 Å². The third kappa shape index (κ3) is 3.15. The van der Waals surface area contributed by atoms with E-state index in [0.29, 0.717) is 0 Å². The molecule has 0 unspecified atom stereocenters. The number of aromatic nitrogens is 2. The highest BCUT2D eigenvalue weighted by atomic mass is 15.0. The third-order valence-corrected chi connectivity index (χ3v) is 6.77. The summed E-state index contributed by atoms with van der Waals surface area (Å²) in [6.07, 6.45) is 0. The second-order valence-corrected chi connectivity index (χ2v) is 8.84. The molecule has 35 heavy (non-hydrogen) atoms. The first kappa shape index (κ1) is 19.7. The highest BCUT2D eigenvalue weighted by Gasteiger charge is 2.20. The lowest BCUT2D eigenvalue weighted by molar-refractivity contribution is 1.27. The van der Waals surface area contributed by atoms with Crippen LogP contribution in [0.5, 0.6) is 0 Å². The van der Waals surface area contributed by atoms with Crippen LogP contribution in [0.2, 0.25) is 0 Å². The largest absolute Gasteiger partial charge is 0.291 e. The summed E-state index contributed by atoms with van der Waals surface area (Å²) < 4.78 is 2.34. The average Bonchev–Trinajstić information content (AvgIpc) is 3.35. The summed E-state index contributed by atoms with van der Waals surface area (Å²) in [5.74, 6) is 0. The van der Waals surface area contributed by atoms with Crippen molar-refractivity contribution in [3.8, 4) is 33.6 Å². The summed E-state index contributed by atoms with van der Waals surface area (Å²) in [4.78, 5) is 5.30. The number of benzene rings is 5. The minimum absolute atomic E-state index is 0.982. The van der Waals surface area contributed by atoms with Gasteiger partial charge in [-0.05, 0) is 34.7 Å². The van der Waals surface area contributed by atoms with E-state index in [-0.39, 0.29) is 0 Å². The van der Waals surface area contributed by atoms with Crippen LogP contribution >= 0.6 is 0 Å². The van der Waals surface area contributed by atoms with E-state index in [1.165, 1.54) is 21.9 Å². The van der Waals surface area contributed by atoms with Gasteiger partial charge >= 0.3 is 0 Å². The van der Waals surface area contributed by atoms with Crippen LogP contribution in [-0.4, -0.2) is 9.38 Å². The highest BCUT2D eigenvalue weighted by Crippen LogP contribution is 2.39. The quantitative estimate of drug-likeness (QED) is 0.248. The summed E-state index contributed by atoms with van der Waals surface area (Å²) in [5.41, 5.74) is 8.98. The predicted molar refractivity (Wildman–Crippen MR) is 147 cm³/mol. The maximum absolute atomic E-state index is 5.30. The lowest BCUT2D eigenvalue weighted by Crippen LogP contribution is -1.94. The summed E-state index contributed by atoms with van der Waals surface area (Å²) in [6, 6.07) is 47.1. The van der Waals surface area contributed by atoms with Gasteiger partial charge in [0.2, 0.25) is 0 Å². The predicted octanol–water partition coefficient (Wildman–Crippen LogP) is 8.64. The van der Waals surface area contributed by atoms with Crippen LogP contribution in [0, 0.1) is 0 Å². The van der Waals surface area contributed by atoms with Gasteiger partial charge in [0.25, 0.3) is 0 Å². The molecule has 0 saturated carbocycles. The van der Waals surface area contributed by atoms with Crippen molar-refractivity contribution in [3.05, 3.63) is 133 Å². The van der Waals surface area contributed by atoms with Gasteiger partial charge in [0.05, 0.1) is 16.9 Å². The zero-order valence-electron chi connectivity index (χ0n) is 19.1. The number of hydrogen-bond acceptors (Lipinski definition) is 1. The zero-order chi connectivity index (χ0) is 23.2. The number of rotatable bonds is 3. The molecule has 2 heterocycles. The lowest BCUT2D eigenvalue weighted by Gasteiger charge is -2.13. The van der Waals surface area contributed by atoms with Crippen LogP contribution in [0.3, 0.4) is 0 Å². The van der Waals surface area contributed by atoms with Crippen LogP contribution < -0.4 is 0 Å². The van der Waals surface area contributed by atoms with Crippen molar-refractivity contribution >= 4 is 27.3 Å². The van der Waals surface area contributed by atoms with E-state index >= 15 is 0 Å². The Morgan fingerprint density at radius 2 is 1.03 bits per heavy atom. The molecule has 5 aromatic carbocycles. The zero-order valence-corrected chi connectivity index (χ0v) is 19.1. The minimum Gasteiger partial charge on any atom is -0.291 e. The second kappa shape index (κ2) is 7.96. The van der Waals surface area contributed by atoms with Gasteiger partial charge in [-0.15, -0.1) is 0 Å². The molecule has 0 aliphatic carbocycles. The van der Waals surface area contributed by atoms with Crippen molar-refractivity contribution in [1.29, 1.82) is 0 Å². The van der Waals surface area contributed by atoms with Crippen molar-refractivity contribution in [2.75, 3.05) is 0 Å². The normalized spacial score (nSPS) is 11.4. The van der Waals surface area contributed by atoms with Crippen LogP contribution in [0.1, 0.15) is 0 Å². The number of hydrogen-bond donors (Lipinski definition) is 0. The molecule has 0 radical (unpaired) electrons. The van der Waals surface area contributed by atoms with E-state index in [1.54, 1.807) is 0 Å². The Bertz CT molecular complexity index is 1820. The standard InChI is InChI=1S/C33H22N2/c1-4-12-23(13-5-1)26-20-21-28-29(22-26)27-18-10-11-19-30(27)35-32(25-16-8-3-9-17-25)31(34-33(28)35)24-14-6-2-7-15-24/h1-22H. The molecule has 0 amide bonds. The fourth-order valence-corrected chi connectivity index (χ4v) is 5.16. The average molecular weight is 447 g/mol. The van der Waals surface area contributed by atoms with Crippen molar-refractivity contribution in [2.45, 2.75) is 0 Å². The molecule has 0 saturated heterocycles. The Morgan fingerprint density at radius 1 is 0.429 bits per heavy atom. The topological polar surface area (TPSA) is 17.3 Å². The van der Waals surface area contributed by atoms with Crippen molar-refractivity contribution in [1.82, 2.24) is 9.38 Å². The lowest BCUT2D eigenvalue weighted by atomic mass is 9.99. The number of nitrogens with zero attached hydrogens (tertiary/aromatic N) is 2. The van der Waals surface area contributed by atoms with Gasteiger partial charge in [0.15, 0.2) is 0 Å². The first-order valence-corrected chi connectivity index (χ1v) is 11.9. The Kier molecular flexibility index (Phi) is 4.49. The summed E-state index contributed by atoms with van der Waals surface area (Å²) >= 11 is 0. The first-order chi connectivity index (χ1) is 17.4. The molecule has 0 bridgehead atoms. The molecule has 0 aliphatic heterocycles. The highest BCUT2D eigenvalue weighted by molar-refractivity contribution is 6.14. The Balaban J connectivity index is 1.65. The van der Waals surface area contributed by atoms with Crippen LogP contribution in [0.4, 0.5) is 0 Å². The molecule has 7 aromatic rings. The molecule has 0 fully saturated rings. The molecular weight excluding hydrogens is 424 g/mol. The van der Waals surface area contributed by atoms with Gasteiger partial charge < -0.3 is 0 Å². The molecule has 0 N–H and O–H groups in total. The fraction of sp³-hybridized carbons (Fsp3) is 0. The monoisotopic (exact) mass is 446 g/mol. The number of fused-ring (bicyclic) bond motifs is 6. The maximum Gasteiger partial charge on any atom is 0.146 e. The van der Waals surface area contributed by atoms with Crippen molar-refractivity contribution in [3.63, 3.8) is 0 Å². The summed E-state index contributed by atoms with van der Waals surface area (Å²) in [7, 11) is 0. The number of imidazole rings is 1. The van der Waals surface area contributed by atoms with Crippen LogP contribution in [0.25, 0.3) is 61.0 Å². The Hall–Kier alpha value is -4.69. The van der Waals surface area contributed by atoms with Gasteiger partial charge in [-0.3, -0.25) is 4.40 Å². The smallest absolute Gasteiger partial charge is 0.146 e. The van der Waals surface area contributed by atoms with Gasteiger partial charge in [-0.2, -0.15) is 0 Å². The van der Waals surface area contributed by atoms with Crippen molar-refractivity contribution < 1.29 is 0 Å². The molecule has 164 valence electrons. The van der Waals surface area contributed by atoms with Crippen molar-refractivity contribution in [2.24, 2.45) is 0 Å². The molecule has 2 nitrogen and oxygen atoms in total. The van der Waals surface area contributed by atoms with E-state index in [2.05, 4.69) is 138 Å². The second-order valence-electron chi connectivity index (χ2n) is 8.84. The number of pyridine rings is 1. The molecule has 0 spiro atoms.